The lowest BCUT2D eigenvalue weighted by molar-refractivity contribution is -0.0531. The molecule has 13 nitrogen and oxygen atoms in total. The lowest BCUT2D eigenvalue weighted by atomic mass is 10.1. The molecule has 1 aromatic heterocycles. The second kappa shape index (κ2) is 23.0. The molecular formula is C31H60N5O8P. The zero-order valence-electron chi connectivity index (χ0n) is 27.4. The van der Waals surface area contributed by atoms with Crippen molar-refractivity contribution in [3.8, 4) is 0 Å². The van der Waals surface area contributed by atoms with Crippen LogP contribution in [0.2, 0.25) is 0 Å². The van der Waals surface area contributed by atoms with E-state index in [1.165, 1.54) is 64.0 Å². The van der Waals surface area contributed by atoms with Crippen molar-refractivity contribution in [3.63, 3.8) is 0 Å². The van der Waals surface area contributed by atoms with Crippen LogP contribution in [0.5, 0.6) is 0 Å². The van der Waals surface area contributed by atoms with Gasteiger partial charge in [-0.3, -0.25) is 18.9 Å². The third kappa shape index (κ3) is 15.4. The molecular weight excluding hydrogens is 601 g/mol. The molecule has 14 heteroatoms. The van der Waals surface area contributed by atoms with E-state index in [4.69, 9.17) is 25.3 Å². The molecule has 5 atom stereocenters. The first-order chi connectivity index (χ1) is 21.7. The Bertz CT molecular complexity index is 1060. The first-order valence-electron chi connectivity index (χ1n) is 17.1. The van der Waals surface area contributed by atoms with Gasteiger partial charge in [-0.15, -0.1) is 0 Å². The van der Waals surface area contributed by atoms with E-state index in [-0.39, 0.29) is 19.4 Å². The summed E-state index contributed by atoms with van der Waals surface area (Å²) in [5.41, 5.74) is 10.0. The van der Waals surface area contributed by atoms with Gasteiger partial charge in [-0.2, -0.15) is 0 Å². The highest BCUT2D eigenvalue weighted by atomic mass is 31.2. The van der Waals surface area contributed by atoms with Crippen LogP contribution in [0.1, 0.15) is 103 Å². The Morgan fingerprint density at radius 3 is 2.00 bits per heavy atom. The number of ether oxygens (including phenoxy) is 1. The van der Waals surface area contributed by atoms with Crippen LogP contribution in [0.4, 0.5) is 0 Å². The Kier molecular flexibility index (Phi) is 20.3. The molecule has 1 aliphatic heterocycles. The van der Waals surface area contributed by atoms with Crippen molar-refractivity contribution in [1.82, 2.24) is 14.5 Å². The molecule has 0 radical (unpaired) electrons. The normalized spacial score (nSPS) is 21.5. The maximum atomic E-state index is 13.9. The van der Waals surface area contributed by atoms with Crippen molar-refractivity contribution in [2.45, 2.75) is 121 Å². The van der Waals surface area contributed by atoms with E-state index in [2.05, 4.69) is 16.8 Å². The van der Waals surface area contributed by atoms with Crippen LogP contribution in [-0.4, -0.2) is 95.1 Å². The van der Waals surface area contributed by atoms with Gasteiger partial charge in [0.05, 0.1) is 19.4 Å². The summed E-state index contributed by atoms with van der Waals surface area (Å²) in [7, 11) is -3.62. The minimum Gasteiger partial charge on any atom is -0.387 e. The molecule has 0 spiro atoms. The van der Waals surface area contributed by atoms with Gasteiger partial charge in [-0.25, -0.2) is 4.79 Å². The van der Waals surface area contributed by atoms with Crippen LogP contribution in [0.15, 0.2) is 21.9 Å². The Morgan fingerprint density at radius 1 is 0.867 bits per heavy atom. The van der Waals surface area contributed by atoms with Crippen molar-refractivity contribution in [2.75, 3.05) is 52.1 Å². The standard InChI is InChI=1S/C31H60N5O8P/c1-2-3-4-5-6-7-8-9-10-11-12-13-23-42-45(41,24-22-35(19-14-17-32)20-15-18-33)43-25-26-28(38)29(39)30(44-26)36-21-16-27(37)34-31(36)40/h16,21,26,28-30,38-39H,2-15,17-20,22-25,32-33H2,1H3,(H,34,37,40)/t26-,28-,29-,30-,45?/m1/s1. The van der Waals surface area contributed by atoms with E-state index in [0.717, 1.165) is 55.8 Å². The monoisotopic (exact) mass is 661 g/mol. The van der Waals surface area contributed by atoms with E-state index in [1.807, 2.05) is 0 Å². The zero-order valence-corrected chi connectivity index (χ0v) is 28.3. The average Bonchev–Trinajstić information content (AvgIpc) is 3.30. The molecule has 0 aromatic carbocycles. The molecule has 45 heavy (non-hydrogen) atoms. The van der Waals surface area contributed by atoms with Crippen molar-refractivity contribution in [2.24, 2.45) is 11.5 Å². The number of aromatic nitrogens is 2. The number of unbranched alkanes of at least 4 members (excludes halogenated alkanes) is 11. The van der Waals surface area contributed by atoms with Crippen molar-refractivity contribution >= 4 is 7.60 Å². The van der Waals surface area contributed by atoms with Gasteiger partial charge in [0.1, 0.15) is 18.3 Å². The molecule has 262 valence electrons. The van der Waals surface area contributed by atoms with Crippen LogP contribution >= 0.6 is 7.60 Å². The highest BCUT2D eigenvalue weighted by Crippen LogP contribution is 2.49. The Hall–Kier alpha value is -1.41. The van der Waals surface area contributed by atoms with Gasteiger partial charge >= 0.3 is 13.3 Å². The lowest BCUT2D eigenvalue weighted by Gasteiger charge is -2.26. The summed E-state index contributed by atoms with van der Waals surface area (Å²) in [6.07, 6.45) is 12.2. The van der Waals surface area contributed by atoms with E-state index >= 15 is 0 Å². The summed E-state index contributed by atoms with van der Waals surface area (Å²) < 4.78 is 32.4. The average molecular weight is 662 g/mol. The van der Waals surface area contributed by atoms with E-state index in [9.17, 15) is 24.4 Å². The molecule has 7 N–H and O–H groups in total. The van der Waals surface area contributed by atoms with Gasteiger partial charge in [0.2, 0.25) is 0 Å². The fourth-order valence-electron chi connectivity index (χ4n) is 5.45. The van der Waals surface area contributed by atoms with Crippen LogP contribution in [0.3, 0.4) is 0 Å². The number of H-pyrrole nitrogens is 1. The van der Waals surface area contributed by atoms with Crippen molar-refractivity contribution in [3.05, 3.63) is 33.1 Å². The summed E-state index contributed by atoms with van der Waals surface area (Å²) >= 11 is 0. The van der Waals surface area contributed by atoms with Crippen molar-refractivity contribution < 1.29 is 28.6 Å². The van der Waals surface area contributed by atoms with Gasteiger partial charge in [0, 0.05) is 18.8 Å². The highest BCUT2D eigenvalue weighted by Gasteiger charge is 2.45. The maximum absolute atomic E-state index is 13.9. The number of rotatable bonds is 27. The molecule has 0 bridgehead atoms. The Morgan fingerprint density at radius 2 is 1.44 bits per heavy atom. The van der Waals surface area contributed by atoms with E-state index in [0.29, 0.717) is 19.6 Å². The van der Waals surface area contributed by atoms with Crippen LogP contribution in [0.25, 0.3) is 0 Å². The number of nitrogens with one attached hydrogen (secondary N) is 1. The second-order valence-corrected chi connectivity index (χ2v) is 14.2. The molecule has 2 heterocycles. The minimum absolute atomic E-state index is 0.134. The van der Waals surface area contributed by atoms with Crippen LogP contribution < -0.4 is 22.7 Å². The molecule has 1 aliphatic rings. The number of hydrogen-bond acceptors (Lipinski definition) is 11. The summed E-state index contributed by atoms with van der Waals surface area (Å²) in [6.45, 7) is 5.23. The quantitative estimate of drug-likeness (QED) is 0.0687. The van der Waals surface area contributed by atoms with E-state index in [1.54, 1.807) is 0 Å². The summed E-state index contributed by atoms with van der Waals surface area (Å²) in [5.74, 6) is 0. The van der Waals surface area contributed by atoms with Gasteiger partial charge < -0.3 is 40.4 Å². The number of nitrogens with two attached hydrogens (primary N) is 2. The SMILES string of the molecule is CCCCCCCCCCCCCCOP(=O)(CCN(CCCN)CCCN)OC[C@H]1O[C@@H](n2ccc(=O)[nH]c2=O)[C@H](O)[C@@H]1O. The predicted octanol–water partition coefficient (Wildman–Crippen LogP) is 3.08. The second-order valence-electron chi connectivity index (χ2n) is 12.0. The summed E-state index contributed by atoms with van der Waals surface area (Å²) in [4.78, 5) is 27.9. The maximum Gasteiger partial charge on any atom is 0.332 e. The number of aromatic amines is 1. The van der Waals surface area contributed by atoms with Gasteiger partial charge in [0.25, 0.3) is 5.56 Å². The predicted molar refractivity (Wildman–Crippen MR) is 176 cm³/mol. The minimum atomic E-state index is -3.62. The third-order valence-corrected chi connectivity index (χ3v) is 10.1. The number of hydrogen-bond donors (Lipinski definition) is 5. The molecule has 2 rings (SSSR count). The van der Waals surface area contributed by atoms with Crippen molar-refractivity contribution in [1.29, 1.82) is 0 Å². The van der Waals surface area contributed by atoms with Crippen LogP contribution in [-0.2, 0) is 18.3 Å². The molecule has 1 aromatic rings. The first kappa shape index (κ1) is 39.8. The molecule has 0 aliphatic carbocycles. The zero-order chi connectivity index (χ0) is 32.9. The fourth-order valence-corrected chi connectivity index (χ4v) is 7.10. The third-order valence-electron chi connectivity index (χ3n) is 8.23. The van der Waals surface area contributed by atoms with Gasteiger partial charge in [0.15, 0.2) is 6.23 Å². The molecule has 0 saturated carbocycles. The molecule has 1 fully saturated rings. The number of nitrogens with zero attached hydrogens (tertiary/aromatic N) is 2. The smallest absolute Gasteiger partial charge is 0.332 e. The Labute approximate surface area is 268 Å². The molecule has 1 unspecified atom stereocenters. The number of aliphatic hydroxyl groups is 2. The van der Waals surface area contributed by atoms with Crippen LogP contribution in [0, 0.1) is 0 Å². The molecule has 0 amide bonds. The first-order valence-corrected chi connectivity index (χ1v) is 18.8. The van der Waals surface area contributed by atoms with Gasteiger partial charge in [-0.1, -0.05) is 77.6 Å². The summed E-state index contributed by atoms with van der Waals surface area (Å²) in [6, 6.07) is 1.12. The fraction of sp³-hybridized carbons (Fsp3) is 0.871. The molecule has 1 saturated heterocycles. The van der Waals surface area contributed by atoms with E-state index < -0.39 is 43.4 Å². The topological polar surface area (TPSA) is 195 Å². The number of aliphatic hydroxyl groups excluding tert-OH is 2. The summed E-state index contributed by atoms with van der Waals surface area (Å²) in [5, 5.41) is 21.2. The largest absolute Gasteiger partial charge is 0.387 e. The highest BCUT2D eigenvalue weighted by molar-refractivity contribution is 7.53. The lowest BCUT2D eigenvalue weighted by Crippen LogP contribution is -2.37. The van der Waals surface area contributed by atoms with Gasteiger partial charge in [-0.05, 0) is 45.4 Å². The Balaban J connectivity index is 1.89.